The maximum atomic E-state index is 12.3. The fraction of sp³-hybridized carbons (Fsp3) is 0.462. The number of hydrogen-bond donors (Lipinski definition) is 1. The summed E-state index contributed by atoms with van der Waals surface area (Å²) in [6.07, 6.45) is 5.65. The van der Waals surface area contributed by atoms with Crippen LogP contribution in [0.15, 0.2) is 18.3 Å². The molecular formula is C13H16N2O3. The molecule has 0 unspecified atom stereocenters. The first-order chi connectivity index (χ1) is 8.70. The molecule has 0 bridgehead atoms. The summed E-state index contributed by atoms with van der Waals surface area (Å²) in [5.74, 6) is -1.38. The number of likely N-dealkylation sites (tertiary alicyclic amines) is 1. The number of hydrogen-bond acceptors (Lipinski definition) is 3. The molecule has 1 fully saturated rings. The molecule has 0 atom stereocenters. The maximum Gasteiger partial charge on any atom is 0.338 e. The van der Waals surface area contributed by atoms with E-state index in [4.69, 9.17) is 5.11 Å². The van der Waals surface area contributed by atoms with Gasteiger partial charge in [-0.15, -0.1) is 0 Å². The zero-order valence-electron chi connectivity index (χ0n) is 10.1. The highest BCUT2D eigenvalue weighted by molar-refractivity contribution is 6.03. The second-order valence-electron chi connectivity index (χ2n) is 4.41. The number of carbonyl (C=O) groups is 2. The van der Waals surface area contributed by atoms with Gasteiger partial charge in [-0.3, -0.25) is 9.78 Å². The molecule has 0 saturated carbocycles. The van der Waals surface area contributed by atoms with Gasteiger partial charge in [0.1, 0.15) is 5.69 Å². The molecule has 0 aliphatic carbocycles. The Morgan fingerprint density at radius 1 is 1.17 bits per heavy atom. The number of pyridine rings is 1. The van der Waals surface area contributed by atoms with E-state index in [1.165, 1.54) is 18.3 Å². The minimum absolute atomic E-state index is 0.0215. The second kappa shape index (κ2) is 5.62. The van der Waals surface area contributed by atoms with Crippen molar-refractivity contribution >= 4 is 11.9 Å². The van der Waals surface area contributed by atoms with E-state index < -0.39 is 5.97 Å². The number of aromatic nitrogens is 1. The van der Waals surface area contributed by atoms with Crippen LogP contribution in [0.3, 0.4) is 0 Å². The number of amides is 1. The average molecular weight is 248 g/mol. The van der Waals surface area contributed by atoms with Crippen LogP contribution < -0.4 is 0 Å². The van der Waals surface area contributed by atoms with Crippen molar-refractivity contribution in [2.75, 3.05) is 13.1 Å². The van der Waals surface area contributed by atoms with Gasteiger partial charge in [0.15, 0.2) is 0 Å². The van der Waals surface area contributed by atoms with E-state index >= 15 is 0 Å². The van der Waals surface area contributed by atoms with Gasteiger partial charge in [0, 0.05) is 19.3 Å². The van der Waals surface area contributed by atoms with Crippen molar-refractivity contribution in [3.63, 3.8) is 0 Å². The molecule has 96 valence electrons. The number of rotatable bonds is 2. The van der Waals surface area contributed by atoms with Gasteiger partial charge in [0.2, 0.25) is 0 Å². The van der Waals surface area contributed by atoms with Crippen LogP contribution in [0.1, 0.15) is 46.5 Å². The van der Waals surface area contributed by atoms with Gasteiger partial charge in [-0.1, -0.05) is 12.8 Å². The number of carboxylic acids is 1. The molecule has 0 spiro atoms. The van der Waals surface area contributed by atoms with Gasteiger partial charge in [0.05, 0.1) is 5.56 Å². The fourth-order valence-corrected chi connectivity index (χ4v) is 2.17. The lowest BCUT2D eigenvalue weighted by Crippen LogP contribution is -2.33. The van der Waals surface area contributed by atoms with Crippen LogP contribution in [-0.4, -0.2) is 40.0 Å². The molecule has 1 aromatic heterocycles. The molecule has 1 aliphatic rings. The van der Waals surface area contributed by atoms with Crippen LogP contribution in [0, 0.1) is 0 Å². The third-order valence-electron chi connectivity index (χ3n) is 3.13. The van der Waals surface area contributed by atoms with Crippen molar-refractivity contribution in [2.24, 2.45) is 0 Å². The summed E-state index contributed by atoms with van der Waals surface area (Å²) >= 11 is 0. The van der Waals surface area contributed by atoms with Crippen molar-refractivity contribution in [1.82, 2.24) is 9.88 Å². The van der Waals surface area contributed by atoms with Crippen LogP contribution in [0.2, 0.25) is 0 Å². The molecule has 1 amide bonds. The fourth-order valence-electron chi connectivity index (χ4n) is 2.17. The molecule has 0 radical (unpaired) electrons. The molecule has 5 nitrogen and oxygen atoms in total. The van der Waals surface area contributed by atoms with E-state index in [0.29, 0.717) is 13.1 Å². The first-order valence-electron chi connectivity index (χ1n) is 6.18. The number of carboxylic acid groups (broad SMARTS) is 1. The summed E-state index contributed by atoms with van der Waals surface area (Å²) in [6.45, 7) is 1.38. The van der Waals surface area contributed by atoms with Gasteiger partial charge in [0.25, 0.3) is 5.91 Å². The van der Waals surface area contributed by atoms with E-state index in [0.717, 1.165) is 25.7 Å². The van der Waals surface area contributed by atoms with Gasteiger partial charge < -0.3 is 10.0 Å². The first kappa shape index (κ1) is 12.5. The molecule has 5 heteroatoms. The molecular weight excluding hydrogens is 232 g/mol. The Hall–Kier alpha value is -1.91. The molecule has 1 aliphatic heterocycles. The Kier molecular flexibility index (Phi) is 3.92. The number of nitrogens with zero attached hydrogens (tertiary/aromatic N) is 2. The molecule has 18 heavy (non-hydrogen) atoms. The number of carbonyl (C=O) groups excluding carboxylic acids is 1. The van der Waals surface area contributed by atoms with E-state index in [-0.39, 0.29) is 17.2 Å². The molecule has 0 aromatic carbocycles. The van der Waals surface area contributed by atoms with Crippen LogP contribution in [-0.2, 0) is 0 Å². The lowest BCUT2D eigenvalue weighted by Gasteiger charge is -2.20. The average Bonchev–Trinajstić information content (AvgIpc) is 2.66. The van der Waals surface area contributed by atoms with Crippen LogP contribution in [0.25, 0.3) is 0 Å². The zero-order valence-corrected chi connectivity index (χ0v) is 10.1. The van der Waals surface area contributed by atoms with Gasteiger partial charge in [-0.2, -0.15) is 0 Å². The smallest absolute Gasteiger partial charge is 0.338 e. The highest BCUT2D eigenvalue weighted by Gasteiger charge is 2.23. The third kappa shape index (κ3) is 2.67. The number of aromatic carboxylic acids is 1. The quantitative estimate of drug-likeness (QED) is 0.866. The molecule has 2 rings (SSSR count). The van der Waals surface area contributed by atoms with Crippen molar-refractivity contribution in [3.05, 3.63) is 29.6 Å². The van der Waals surface area contributed by atoms with Crippen LogP contribution in [0.5, 0.6) is 0 Å². The van der Waals surface area contributed by atoms with Crippen molar-refractivity contribution < 1.29 is 14.7 Å². The Labute approximate surface area is 105 Å². The van der Waals surface area contributed by atoms with Crippen LogP contribution in [0.4, 0.5) is 0 Å². The largest absolute Gasteiger partial charge is 0.478 e. The maximum absolute atomic E-state index is 12.3. The van der Waals surface area contributed by atoms with E-state index in [1.807, 2.05) is 0 Å². The zero-order chi connectivity index (χ0) is 13.0. The monoisotopic (exact) mass is 248 g/mol. The molecule has 1 aromatic rings. The third-order valence-corrected chi connectivity index (χ3v) is 3.13. The van der Waals surface area contributed by atoms with Crippen molar-refractivity contribution in [3.8, 4) is 0 Å². The first-order valence-corrected chi connectivity index (χ1v) is 6.18. The highest BCUT2D eigenvalue weighted by atomic mass is 16.4. The van der Waals surface area contributed by atoms with E-state index in [2.05, 4.69) is 4.98 Å². The molecule has 1 N–H and O–H groups in total. The predicted octanol–water partition coefficient (Wildman–Crippen LogP) is 1.80. The Balaban J connectivity index is 2.24. The van der Waals surface area contributed by atoms with Crippen molar-refractivity contribution in [1.29, 1.82) is 0 Å². The Bertz CT molecular complexity index is 451. The second-order valence-corrected chi connectivity index (χ2v) is 4.41. The lowest BCUT2D eigenvalue weighted by atomic mass is 10.1. The summed E-state index contributed by atoms with van der Waals surface area (Å²) in [5.41, 5.74) is 0.0265. The standard InChI is InChI=1S/C13H16N2O3/c16-12(15-8-3-1-2-4-9-15)11-10(13(17)18)6-5-7-14-11/h5-7H,1-4,8-9H2,(H,17,18). The van der Waals surface area contributed by atoms with Crippen LogP contribution >= 0.6 is 0 Å². The summed E-state index contributed by atoms with van der Waals surface area (Å²) in [6, 6.07) is 2.95. The summed E-state index contributed by atoms with van der Waals surface area (Å²) in [4.78, 5) is 29.0. The minimum atomic E-state index is -1.11. The molecule has 2 heterocycles. The summed E-state index contributed by atoms with van der Waals surface area (Å²) < 4.78 is 0. The Morgan fingerprint density at radius 3 is 2.44 bits per heavy atom. The lowest BCUT2D eigenvalue weighted by molar-refractivity contribution is 0.0673. The SMILES string of the molecule is O=C(O)c1cccnc1C(=O)N1CCCCCC1. The summed E-state index contributed by atoms with van der Waals surface area (Å²) in [7, 11) is 0. The van der Waals surface area contributed by atoms with Crippen molar-refractivity contribution in [2.45, 2.75) is 25.7 Å². The van der Waals surface area contributed by atoms with Gasteiger partial charge in [-0.05, 0) is 25.0 Å². The minimum Gasteiger partial charge on any atom is -0.478 e. The topological polar surface area (TPSA) is 70.5 Å². The van der Waals surface area contributed by atoms with E-state index in [1.54, 1.807) is 4.90 Å². The molecule has 1 saturated heterocycles. The highest BCUT2D eigenvalue weighted by Crippen LogP contribution is 2.14. The van der Waals surface area contributed by atoms with Gasteiger partial charge in [-0.25, -0.2) is 4.79 Å². The van der Waals surface area contributed by atoms with E-state index in [9.17, 15) is 9.59 Å². The predicted molar refractivity (Wildman–Crippen MR) is 65.6 cm³/mol. The Morgan fingerprint density at radius 2 is 1.83 bits per heavy atom. The normalized spacial score (nSPS) is 16.1. The van der Waals surface area contributed by atoms with Gasteiger partial charge >= 0.3 is 5.97 Å². The summed E-state index contributed by atoms with van der Waals surface area (Å²) in [5, 5.41) is 9.06.